The van der Waals surface area contributed by atoms with Crippen molar-refractivity contribution in [1.82, 2.24) is 5.48 Å². The van der Waals surface area contributed by atoms with E-state index in [0.717, 1.165) is 3.57 Å². The summed E-state index contributed by atoms with van der Waals surface area (Å²) < 4.78 is 47.4. The lowest BCUT2D eigenvalue weighted by atomic mass is 10.1. The summed E-state index contributed by atoms with van der Waals surface area (Å²) >= 11 is 8.07. The summed E-state index contributed by atoms with van der Waals surface area (Å²) in [6.45, 7) is -0.596. The van der Waals surface area contributed by atoms with Gasteiger partial charge >= 0.3 is 0 Å². The standard InChI is InChI=1S/C17H15ClF3IN2O4/c1-27-9(6-25)7-28-24-17(26)10-5-12(19)14(20)15(21)16(10)23-13-3-2-8(22)4-11(13)18/h2-5,9,23,25H,6-7H2,1H3,(H,24,26). The van der Waals surface area contributed by atoms with Gasteiger partial charge in [-0.1, -0.05) is 11.6 Å². The molecule has 1 unspecified atom stereocenters. The number of aliphatic hydroxyl groups excluding tert-OH is 1. The Kier molecular flexibility index (Phi) is 8.31. The van der Waals surface area contributed by atoms with Gasteiger partial charge in [-0.25, -0.2) is 18.7 Å². The molecular formula is C17H15ClF3IN2O4. The Morgan fingerprint density at radius 3 is 2.61 bits per heavy atom. The fraction of sp³-hybridized carbons (Fsp3) is 0.235. The zero-order valence-corrected chi connectivity index (χ0v) is 17.3. The van der Waals surface area contributed by atoms with Crippen LogP contribution in [0.25, 0.3) is 0 Å². The maximum atomic E-state index is 14.3. The van der Waals surface area contributed by atoms with Gasteiger partial charge in [0.2, 0.25) is 0 Å². The second kappa shape index (κ2) is 10.3. The number of benzene rings is 2. The number of aliphatic hydroxyl groups is 1. The lowest BCUT2D eigenvalue weighted by Gasteiger charge is -2.16. The molecule has 0 heterocycles. The van der Waals surface area contributed by atoms with E-state index in [9.17, 15) is 18.0 Å². The SMILES string of the molecule is COC(CO)CONC(=O)c1cc(F)c(F)c(F)c1Nc1ccc(I)cc1Cl. The zero-order chi connectivity index (χ0) is 20.8. The van der Waals surface area contributed by atoms with Crippen LogP contribution in [0, 0.1) is 21.0 Å². The molecule has 0 radical (unpaired) electrons. The smallest absolute Gasteiger partial charge is 0.277 e. The number of amides is 1. The van der Waals surface area contributed by atoms with E-state index in [0.29, 0.717) is 6.07 Å². The highest BCUT2D eigenvalue weighted by molar-refractivity contribution is 14.1. The van der Waals surface area contributed by atoms with E-state index in [1.54, 1.807) is 12.1 Å². The Labute approximate surface area is 177 Å². The van der Waals surface area contributed by atoms with E-state index in [1.807, 2.05) is 28.1 Å². The normalized spacial score (nSPS) is 12.0. The van der Waals surface area contributed by atoms with Gasteiger partial charge in [-0.2, -0.15) is 0 Å². The molecule has 0 fully saturated rings. The number of anilines is 2. The maximum Gasteiger partial charge on any atom is 0.277 e. The van der Waals surface area contributed by atoms with Gasteiger partial charge in [0.1, 0.15) is 12.7 Å². The van der Waals surface area contributed by atoms with E-state index in [-0.39, 0.29) is 23.9 Å². The second-order valence-electron chi connectivity index (χ2n) is 5.44. The number of methoxy groups -OCH3 is 1. The summed E-state index contributed by atoms with van der Waals surface area (Å²) in [6.07, 6.45) is -0.717. The highest BCUT2D eigenvalue weighted by atomic mass is 127. The first-order valence-electron chi connectivity index (χ1n) is 7.73. The van der Waals surface area contributed by atoms with Gasteiger partial charge in [-0.3, -0.25) is 9.63 Å². The minimum Gasteiger partial charge on any atom is -0.394 e. The molecule has 0 aliphatic carbocycles. The molecule has 6 nitrogen and oxygen atoms in total. The van der Waals surface area contributed by atoms with Crippen LogP contribution in [0.2, 0.25) is 5.02 Å². The first-order valence-corrected chi connectivity index (χ1v) is 9.19. The third-order valence-corrected chi connectivity index (χ3v) is 4.55. The third-order valence-electron chi connectivity index (χ3n) is 3.57. The van der Waals surface area contributed by atoms with Crippen LogP contribution < -0.4 is 10.8 Å². The number of halogens is 5. The number of carbonyl (C=O) groups is 1. The van der Waals surface area contributed by atoms with E-state index >= 15 is 0 Å². The summed E-state index contributed by atoms with van der Waals surface area (Å²) in [5, 5.41) is 11.7. The van der Waals surface area contributed by atoms with Crippen LogP contribution in [0.1, 0.15) is 10.4 Å². The molecule has 0 aliphatic rings. The summed E-state index contributed by atoms with van der Waals surface area (Å²) in [5.74, 6) is -5.94. The monoisotopic (exact) mass is 530 g/mol. The molecule has 0 aliphatic heterocycles. The maximum absolute atomic E-state index is 14.3. The molecule has 0 saturated carbocycles. The molecule has 152 valence electrons. The highest BCUT2D eigenvalue weighted by Gasteiger charge is 2.24. The number of rotatable bonds is 8. The molecule has 11 heteroatoms. The van der Waals surface area contributed by atoms with Crippen molar-refractivity contribution in [2.24, 2.45) is 0 Å². The molecule has 0 spiro atoms. The van der Waals surface area contributed by atoms with E-state index < -0.39 is 40.7 Å². The van der Waals surface area contributed by atoms with Crippen molar-refractivity contribution in [2.75, 3.05) is 25.6 Å². The Morgan fingerprint density at radius 1 is 1.29 bits per heavy atom. The molecule has 2 aromatic carbocycles. The van der Waals surface area contributed by atoms with Crippen molar-refractivity contribution in [3.05, 3.63) is 55.9 Å². The highest BCUT2D eigenvalue weighted by Crippen LogP contribution is 2.32. The lowest BCUT2D eigenvalue weighted by Crippen LogP contribution is -2.31. The fourth-order valence-electron chi connectivity index (χ4n) is 2.07. The van der Waals surface area contributed by atoms with Gasteiger partial charge in [-0.05, 0) is 46.9 Å². The minimum absolute atomic E-state index is 0.182. The van der Waals surface area contributed by atoms with Crippen LogP contribution in [-0.4, -0.2) is 37.4 Å². The average molecular weight is 531 g/mol. The topological polar surface area (TPSA) is 79.8 Å². The first-order chi connectivity index (χ1) is 13.3. The molecule has 1 atom stereocenters. The Balaban J connectivity index is 2.31. The van der Waals surface area contributed by atoms with Gasteiger partial charge in [0.05, 0.1) is 28.6 Å². The van der Waals surface area contributed by atoms with Crippen molar-refractivity contribution < 1.29 is 32.6 Å². The van der Waals surface area contributed by atoms with Gasteiger partial charge in [0.15, 0.2) is 17.5 Å². The van der Waals surface area contributed by atoms with Gasteiger partial charge in [-0.15, -0.1) is 0 Å². The molecular weight excluding hydrogens is 516 g/mol. The van der Waals surface area contributed by atoms with Crippen molar-refractivity contribution in [3.8, 4) is 0 Å². The molecule has 0 saturated heterocycles. The van der Waals surface area contributed by atoms with E-state index in [4.69, 9.17) is 26.3 Å². The Hall–Kier alpha value is -1.60. The zero-order valence-electron chi connectivity index (χ0n) is 14.4. The van der Waals surface area contributed by atoms with Crippen molar-refractivity contribution in [1.29, 1.82) is 0 Å². The Morgan fingerprint density at radius 2 is 2.00 bits per heavy atom. The van der Waals surface area contributed by atoms with Crippen LogP contribution in [0.15, 0.2) is 24.3 Å². The molecule has 0 aromatic heterocycles. The average Bonchev–Trinajstić information content (AvgIpc) is 2.67. The number of hydrogen-bond acceptors (Lipinski definition) is 5. The van der Waals surface area contributed by atoms with E-state index in [2.05, 4.69) is 5.32 Å². The molecule has 1 amide bonds. The number of nitrogens with one attached hydrogen (secondary N) is 2. The van der Waals surface area contributed by atoms with Crippen LogP contribution in [0.5, 0.6) is 0 Å². The molecule has 2 aromatic rings. The number of ether oxygens (including phenoxy) is 1. The van der Waals surface area contributed by atoms with Crippen LogP contribution >= 0.6 is 34.2 Å². The molecule has 3 N–H and O–H groups in total. The second-order valence-corrected chi connectivity index (χ2v) is 7.09. The molecule has 2 rings (SSSR count). The van der Waals surface area contributed by atoms with Crippen molar-refractivity contribution >= 4 is 51.5 Å². The number of carbonyl (C=O) groups excluding carboxylic acids is 1. The largest absolute Gasteiger partial charge is 0.394 e. The predicted octanol–water partition coefficient (Wildman–Crippen LogP) is 3.77. The molecule has 0 bridgehead atoms. The summed E-state index contributed by atoms with van der Waals surface area (Å²) in [7, 11) is 1.32. The lowest BCUT2D eigenvalue weighted by molar-refractivity contribution is -0.0469. The van der Waals surface area contributed by atoms with Crippen molar-refractivity contribution in [3.63, 3.8) is 0 Å². The van der Waals surface area contributed by atoms with Crippen molar-refractivity contribution in [2.45, 2.75) is 6.10 Å². The number of hydrogen-bond donors (Lipinski definition) is 3. The van der Waals surface area contributed by atoms with Crippen LogP contribution in [-0.2, 0) is 9.57 Å². The van der Waals surface area contributed by atoms with Gasteiger partial charge in [0, 0.05) is 10.7 Å². The minimum atomic E-state index is -1.75. The van der Waals surface area contributed by atoms with Crippen LogP contribution in [0.4, 0.5) is 24.5 Å². The van der Waals surface area contributed by atoms with E-state index in [1.165, 1.54) is 13.2 Å². The summed E-state index contributed by atoms with van der Waals surface area (Å²) in [5.41, 5.74) is 0.975. The molecule has 28 heavy (non-hydrogen) atoms. The predicted molar refractivity (Wildman–Crippen MR) is 105 cm³/mol. The van der Waals surface area contributed by atoms with Gasteiger partial charge in [0.25, 0.3) is 5.91 Å². The quantitative estimate of drug-likeness (QED) is 0.275. The fourth-order valence-corrected chi connectivity index (χ4v) is 2.98. The summed E-state index contributed by atoms with van der Waals surface area (Å²) in [6, 6.07) is 5.23. The number of hydroxylamine groups is 1. The third kappa shape index (κ3) is 5.47. The summed E-state index contributed by atoms with van der Waals surface area (Å²) in [4.78, 5) is 17.2. The Bertz CT molecular complexity index is 869. The van der Waals surface area contributed by atoms with Gasteiger partial charge < -0.3 is 15.2 Å². The van der Waals surface area contributed by atoms with Crippen LogP contribution in [0.3, 0.4) is 0 Å². The first kappa shape index (κ1) is 22.7.